The normalized spacial score (nSPS) is 10.6. The summed E-state index contributed by atoms with van der Waals surface area (Å²) in [6.07, 6.45) is 0. The molecule has 2 N–H and O–H groups in total. The predicted octanol–water partition coefficient (Wildman–Crippen LogP) is 2.54. The quantitative estimate of drug-likeness (QED) is 0.918. The van der Waals surface area contributed by atoms with Crippen molar-refractivity contribution < 1.29 is 4.74 Å². The Morgan fingerprint density at radius 1 is 1.11 bits per heavy atom. The summed E-state index contributed by atoms with van der Waals surface area (Å²) in [6.45, 7) is 6.58. The number of nitrogens with two attached hydrogens (primary N) is 1. The van der Waals surface area contributed by atoms with E-state index in [-0.39, 0.29) is 0 Å². The van der Waals surface area contributed by atoms with E-state index < -0.39 is 0 Å². The second kappa shape index (κ2) is 5.36. The highest BCUT2D eigenvalue weighted by atomic mass is 16.5. The van der Waals surface area contributed by atoms with Crippen LogP contribution in [0.3, 0.4) is 0 Å². The lowest BCUT2D eigenvalue weighted by molar-refractivity contribution is 0.408. The molecule has 0 aliphatic carbocycles. The summed E-state index contributed by atoms with van der Waals surface area (Å²) in [5.41, 5.74) is 11.7. The van der Waals surface area contributed by atoms with Crippen LogP contribution in [0.15, 0.2) is 18.2 Å². The second-order valence-electron chi connectivity index (χ2n) is 4.64. The first kappa shape index (κ1) is 13.5. The van der Waals surface area contributed by atoms with Crippen molar-refractivity contribution in [3.63, 3.8) is 0 Å². The van der Waals surface area contributed by atoms with Gasteiger partial charge in [-0.05, 0) is 55.7 Å². The Kier molecular flexibility index (Phi) is 3.81. The van der Waals surface area contributed by atoms with Gasteiger partial charge < -0.3 is 10.5 Å². The SMILES string of the molecule is COc1c(C)cc(-c2ccc(CN)nn2)c(C)c1C. The van der Waals surface area contributed by atoms with Crippen LogP contribution in [-0.4, -0.2) is 17.3 Å². The molecule has 1 aromatic heterocycles. The molecule has 0 aliphatic heterocycles. The number of benzene rings is 1. The van der Waals surface area contributed by atoms with Gasteiger partial charge in [0.25, 0.3) is 0 Å². The number of nitrogens with zero attached hydrogens (tertiary/aromatic N) is 2. The topological polar surface area (TPSA) is 61.0 Å². The fourth-order valence-electron chi connectivity index (χ4n) is 2.25. The summed E-state index contributed by atoms with van der Waals surface area (Å²) >= 11 is 0. The highest BCUT2D eigenvalue weighted by Crippen LogP contribution is 2.33. The highest BCUT2D eigenvalue weighted by Gasteiger charge is 2.13. The molecule has 2 rings (SSSR count). The van der Waals surface area contributed by atoms with Crippen molar-refractivity contribution in [2.24, 2.45) is 5.73 Å². The first-order chi connectivity index (χ1) is 9.08. The summed E-state index contributed by atoms with van der Waals surface area (Å²) in [4.78, 5) is 0. The minimum atomic E-state index is 0.410. The summed E-state index contributed by atoms with van der Waals surface area (Å²) in [5, 5.41) is 8.36. The molecular weight excluding hydrogens is 238 g/mol. The Morgan fingerprint density at radius 3 is 2.37 bits per heavy atom. The molecule has 0 fully saturated rings. The third-order valence-electron chi connectivity index (χ3n) is 3.44. The van der Waals surface area contributed by atoms with Gasteiger partial charge in [-0.25, -0.2) is 0 Å². The zero-order valence-corrected chi connectivity index (χ0v) is 11.8. The average molecular weight is 257 g/mol. The molecule has 4 heteroatoms. The Bertz CT molecular complexity index is 591. The standard InChI is InChI=1S/C15H19N3O/c1-9-7-13(10(2)11(3)15(9)19-4)14-6-5-12(8-16)17-18-14/h5-7H,8,16H2,1-4H3. The fourth-order valence-corrected chi connectivity index (χ4v) is 2.25. The highest BCUT2D eigenvalue weighted by molar-refractivity contribution is 5.68. The smallest absolute Gasteiger partial charge is 0.124 e. The van der Waals surface area contributed by atoms with E-state index in [1.807, 2.05) is 19.1 Å². The Balaban J connectivity index is 2.56. The molecule has 0 spiro atoms. The van der Waals surface area contributed by atoms with Crippen molar-refractivity contribution in [2.45, 2.75) is 27.3 Å². The van der Waals surface area contributed by atoms with E-state index in [1.165, 1.54) is 0 Å². The molecule has 0 unspecified atom stereocenters. The Morgan fingerprint density at radius 2 is 1.84 bits per heavy atom. The van der Waals surface area contributed by atoms with Crippen LogP contribution in [0.5, 0.6) is 5.75 Å². The number of hydrogen-bond acceptors (Lipinski definition) is 4. The minimum Gasteiger partial charge on any atom is -0.496 e. The molecule has 0 radical (unpaired) electrons. The lowest BCUT2D eigenvalue weighted by Gasteiger charge is -2.15. The molecule has 0 saturated carbocycles. The zero-order valence-electron chi connectivity index (χ0n) is 11.8. The number of aromatic nitrogens is 2. The summed E-state index contributed by atoms with van der Waals surface area (Å²) in [6, 6.07) is 5.97. The van der Waals surface area contributed by atoms with Crippen LogP contribution >= 0.6 is 0 Å². The van der Waals surface area contributed by atoms with E-state index >= 15 is 0 Å². The van der Waals surface area contributed by atoms with E-state index in [2.05, 4.69) is 30.1 Å². The molecule has 4 nitrogen and oxygen atoms in total. The van der Waals surface area contributed by atoms with Crippen molar-refractivity contribution in [3.8, 4) is 17.0 Å². The molecule has 0 bridgehead atoms. The molecule has 1 aromatic carbocycles. The third-order valence-corrected chi connectivity index (χ3v) is 3.44. The van der Waals surface area contributed by atoms with Gasteiger partial charge >= 0.3 is 0 Å². The van der Waals surface area contributed by atoms with Crippen LogP contribution in [0.2, 0.25) is 0 Å². The van der Waals surface area contributed by atoms with Gasteiger partial charge in [-0.1, -0.05) is 0 Å². The van der Waals surface area contributed by atoms with Gasteiger partial charge in [-0.15, -0.1) is 0 Å². The molecule has 0 aliphatic rings. The molecular formula is C15H19N3O. The van der Waals surface area contributed by atoms with E-state index in [4.69, 9.17) is 10.5 Å². The van der Waals surface area contributed by atoms with E-state index in [0.717, 1.165) is 39.4 Å². The molecule has 19 heavy (non-hydrogen) atoms. The molecule has 100 valence electrons. The maximum Gasteiger partial charge on any atom is 0.124 e. The van der Waals surface area contributed by atoms with Gasteiger partial charge in [0, 0.05) is 12.1 Å². The maximum atomic E-state index is 5.54. The van der Waals surface area contributed by atoms with Crippen LogP contribution in [0.25, 0.3) is 11.3 Å². The van der Waals surface area contributed by atoms with Crippen LogP contribution in [0, 0.1) is 20.8 Å². The molecule has 1 heterocycles. The fraction of sp³-hybridized carbons (Fsp3) is 0.333. The van der Waals surface area contributed by atoms with Crippen LogP contribution in [0.4, 0.5) is 0 Å². The van der Waals surface area contributed by atoms with Crippen molar-refractivity contribution in [2.75, 3.05) is 7.11 Å². The van der Waals surface area contributed by atoms with Crippen molar-refractivity contribution in [1.29, 1.82) is 0 Å². The van der Waals surface area contributed by atoms with Gasteiger partial charge in [0.05, 0.1) is 18.5 Å². The van der Waals surface area contributed by atoms with Gasteiger partial charge in [0.1, 0.15) is 5.75 Å². The largest absolute Gasteiger partial charge is 0.496 e. The Hall–Kier alpha value is -1.94. The predicted molar refractivity (Wildman–Crippen MR) is 76.1 cm³/mol. The molecule has 2 aromatic rings. The summed E-state index contributed by atoms with van der Waals surface area (Å²) in [7, 11) is 1.70. The Labute approximate surface area is 113 Å². The number of aryl methyl sites for hydroxylation is 1. The summed E-state index contributed by atoms with van der Waals surface area (Å²) in [5.74, 6) is 0.938. The van der Waals surface area contributed by atoms with E-state index in [0.29, 0.717) is 6.54 Å². The molecule has 0 saturated heterocycles. The van der Waals surface area contributed by atoms with Crippen molar-refractivity contribution >= 4 is 0 Å². The van der Waals surface area contributed by atoms with Crippen LogP contribution in [0.1, 0.15) is 22.4 Å². The van der Waals surface area contributed by atoms with Gasteiger partial charge in [0.15, 0.2) is 0 Å². The van der Waals surface area contributed by atoms with Crippen LogP contribution in [-0.2, 0) is 6.54 Å². The van der Waals surface area contributed by atoms with Crippen molar-refractivity contribution in [3.05, 3.63) is 40.6 Å². The molecule has 0 atom stereocenters. The van der Waals surface area contributed by atoms with Gasteiger partial charge in [-0.3, -0.25) is 0 Å². The van der Waals surface area contributed by atoms with Crippen LogP contribution < -0.4 is 10.5 Å². The lowest BCUT2D eigenvalue weighted by atomic mass is 9.96. The second-order valence-corrected chi connectivity index (χ2v) is 4.64. The summed E-state index contributed by atoms with van der Waals surface area (Å²) < 4.78 is 5.43. The maximum absolute atomic E-state index is 5.54. The van der Waals surface area contributed by atoms with Gasteiger partial charge in [-0.2, -0.15) is 10.2 Å². The lowest BCUT2D eigenvalue weighted by Crippen LogP contribution is -2.02. The van der Waals surface area contributed by atoms with E-state index in [9.17, 15) is 0 Å². The van der Waals surface area contributed by atoms with Crippen molar-refractivity contribution in [1.82, 2.24) is 10.2 Å². The third kappa shape index (κ3) is 2.44. The zero-order chi connectivity index (χ0) is 14.0. The number of ether oxygens (including phenoxy) is 1. The average Bonchev–Trinajstić information content (AvgIpc) is 2.43. The number of methoxy groups -OCH3 is 1. The molecule has 0 amide bonds. The minimum absolute atomic E-state index is 0.410. The monoisotopic (exact) mass is 257 g/mol. The first-order valence-corrected chi connectivity index (χ1v) is 6.26. The number of hydrogen-bond donors (Lipinski definition) is 1. The number of rotatable bonds is 3. The van der Waals surface area contributed by atoms with E-state index in [1.54, 1.807) is 7.11 Å². The first-order valence-electron chi connectivity index (χ1n) is 6.26. The van der Waals surface area contributed by atoms with Gasteiger partial charge in [0.2, 0.25) is 0 Å².